The molecule has 2 aromatic carbocycles. The predicted octanol–water partition coefficient (Wildman–Crippen LogP) is 5.19. The highest BCUT2D eigenvalue weighted by molar-refractivity contribution is 5.89. The van der Waals surface area contributed by atoms with Gasteiger partial charge in [0.1, 0.15) is 22.8 Å². The Labute approximate surface area is 151 Å². The fraction of sp³-hybridized carbons (Fsp3) is 0.235. The molecule has 2 aromatic rings. The lowest BCUT2D eigenvalue weighted by atomic mass is 10.1. The minimum absolute atomic E-state index is 0.00723. The van der Waals surface area contributed by atoms with Crippen molar-refractivity contribution >= 4 is 11.7 Å². The molecule has 0 saturated carbocycles. The number of nitrogens with one attached hydrogen (secondary N) is 1. The highest BCUT2D eigenvalue weighted by Crippen LogP contribution is 2.40. The number of carbonyl (C=O) groups excluding carboxylic acids is 1. The van der Waals surface area contributed by atoms with Gasteiger partial charge in [-0.2, -0.15) is 22.0 Å². The lowest BCUT2D eigenvalue weighted by molar-refractivity contribution is -0.138. The monoisotopic (exact) mass is 390 g/mol. The topological polar surface area (TPSA) is 50.8 Å². The number of nitrogens with zero attached hydrogens (tertiary/aromatic N) is 1. The second-order valence-electron chi connectivity index (χ2n) is 5.49. The number of carbonyl (C=O) groups is 1. The van der Waals surface area contributed by atoms with Crippen LogP contribution in [-0.2, 0) is 6.18 Å². The highest BCUT2D eigenvalue weighted by atomic mass is 19.4. The van der Waals surface area contributed by atoms with Crippen LogP contribution in [-0.4, -0.2) is 31.6 Å². The van der Waals surface area contributed by atoms with E-state index >= 15 is 0 Å². The minimum Gasteiger partial charge on any atom is -0.457 e. The largest absolute Gasteiger partial charge is 0.457 e. The van der Waals surface area contributed by atoms with E-state index in [1.807, 2.05) is 0 Å². The average molecular weight is 390 g/mol. The molecule has 0 aliphatic carbocycles. The molecule has 0 fully saturated rings. The van der Waals surface area contributed by atoms with Gasteiger partial charge in [0.25, 0.3) is 0 Å². The van der Waals surface area contributed by atoms with Crippen LogP contribution in [0.25, 0.3) is 0 Å². The van der Waals surface area contributed by atoms with E-state index < -0.39 is 30.1 Å². The summed E-state index contributed by atoms with van der Waals surface area (Å²) in [6, 6.07) is 7.12. The number of ether oxygens (including phenoxy) is 2. The first-order valence-corrected chi connectivity index (χ1v) is 7.48. The molecule has 0 aliphatic heterocycles. The molecule has 0 unspecified atom stereocenters. The van der Waals surface area contributed by atoms with Gasteiger partial charge >= 0.3 is 18.8 Å². The third-order valence-corrected chi connectivity index (χ3v) is 3.22. The van der Waals surface area contributed by atoms with E-state index in [9.17, 15) is 26.7 Å². The minimum atomic E-state index is -4.74. The molecule has 0 atom stereocenters. The molecular formula is C17H15F5N2O3. The van der Waals surface area contributed by atoms with E-state index in [4.69, 9.17) is 4.74 Å². The van der Waals surface area contributed by atoms with Crippen LogP contribution in [0.3, 0.4) is 0 Å². The summed E-state index contributed by atoms with van der Waals surface area (Å²) < 4.78 is 73.6. The predicted molar refractivity (Wildman–Crippen MR) is 87.3 cm³/mol. The summed E-state index contributed by atoms with van der Waals surface area (Å²) in [5, 5.41) is 2.31. The van der Waals surface area contributed by atoms with Crippen molar-refractivity contribution in [1.82, 2.24) is 4.90 Å². The average Bonchev–Trinajstić information content (AvgIpc) is 2.56. The molecule has 5 nitrogen and oxygen atoms in total. The Bertz CT molecular complexity index is 792. The van der Waals surface area contributed by atoms with Crippen LogP contribution in [0, 0.1) is 0 Å². The number of alkyl halides is 5. The van der Waals surface area contributed by atoms with Crippen molar-refractivity contribution in [2.75, 3.05) is 19.4 Å². The first-order chi connectivity index (χ1) is 12.6. The van der Waals surface area contributed by atoms with Crippen LogP contribution >= 0.6 is 0 Å². The van der Waals surface area contributed by atoms with Crippen molar-refractivity contribution in [3.63, 3.8) is 0 Å². The second-order valence-corrected chi connectivity index (χ2v) is 5.49. The summed E-state index contributed by atoms with van der Waals surface area (Å²) in [6.07, 6.45) is -4.74. The summed E-state index contributed by atoms with van der Waals surface area (Å²) >= 11 is 0. The number of hydrogen-bond donors (Lipinski definition) is 1. The Morgan fingerprint density at radius 1 is 1.04 bits per heavy atom. The molecule has 2 amide bonds. The summed E-state index contributed by atoms with van der Waals surface area (Å²) in [5.74, 6) is -0.671. The lowest BCUT2D eigenvalue weighted by Gasteiger charge is -2.17. The van der Waals surface area contributed by atoms with E-state index in [0.29, 0.717) is 0 Å². The van der Waals surface area contributed by atoms with E-state index in [1.54, 1.807) is 0 Å². The number of rotatable bonds is 5. The zero-order valence-corrected chi connectivity index (χ0v) is 14.2. The third-order valence-electron chi connectivity index (χ3n) is 3.22. The van der Waals surface area contributed by atoms with Gasteiger partial charge in [-0.15, -0.1) is 0 Å². The van der Waals surface area contributed by atoms with Crippen molar-refractivity contribution in [2.24, 2.45) is 0 Å². The smallest absolute Gasteiger partial charge is 0.420 e. The second kappa shape index (κ2) is 8.11. The number of anilines is 1. The van der Waals surface area contributed by atoms with E-state index in [1.165, 1.54) is 37.2 Å². The van der Waals surface area contributed by atoms with Gasteiger partial charge in [-0.25, -0.2) is 4.79 Å². The van der Waals surface area contributed by atoms with Gasteiger partial charge in [-0.3, -0.25) is 0 Å². The zero-order valence-electron chi connectivity index (χ0n) is 14.2. The molecule has 0 spiro atoms. The maximum absolute atomic E-state index is 13.3. The van der Waals surface area contributed by atoms with Crippen LogP contribution in [0.4, 0.5) is 32.4 Å². The SMILES string of the molecule is CN(C)C(=O)Nc1ccc(Oc2ccc(OC(F)F)cc2)c(C(F)(F)F)c1. The molecule has 0 heterocycles. The molecule has 0 aliphatic rings. The highest BCUT2D eigenvalue weighted by Gasteiger charge is 2.35. The fourth-order valence-corrected chi connectivity index (χ4v) is 1.97. The number of benzene rings is 2. The molecule has 146 valence electrons. The maximum atomic E-state index is 13.3. The Morgan fingerprint density at radius 2 is 1.63 bits per heavy atom. The first-order valence-electron chi connectivity index (χ1n) is 7.48. The number of amides is 2. The molecule has 2 rings (SSSR count). The van der Waals surface area contributed by atoms with Crippen LogP contribution in [0.2, 0.25) is 0 Å². The summed E-state index contributed by atoms with van der Waals surface area (Å²) in [5.41, 5.74) is -1.17. The molecule has 10 heteroatoms. The molecular weight excluding hydrogens is 375 g/mol. The third kappa shape index (κ3) is 5.73. The Hall–Kier alpha value is -3.04. The molecule has 0 aromatic heterocycles. The Balaban J connectivity index is 2.26. The molecule has 27 heavy (non-hydrogen) atoms. The number of hydrogen-bond acceptors (Lipinski definition) is 3. The summed E-state index contributed by atoms with van der Waals surface area (Å²) in [4.78, 5) is 12.8. The normalized spacial score (nSPS) is 11.3. The van der Waals surface area contributed by atoms with Gasteiger partial charge in [0, 0.05) is 19.8 Å². The van der Waals surface area contributed by atoms with Crippen LogP contribution in [0.5, 0.6) is 17.2 Å². The van der Waals surface area contributed by atoms with E-state index in [0.717, 1.165) is 24.3 Å². The van der Waals surface area contributed by atoms with Gasteiger partial charge in [-0.05, 0) is 42.5 Å². The van der Waals surface area contributed by atoms with Crippen molar-refractivity contribution in [2.45, 2.75) is 12.8 Å². The Kier molecular flexibility index (Phi) is 6.09. The molecule has 0 bridgehead atoms. The van der Waals surface area contributed by atoms with Gasteiger partial charge in [0.05, 0.1) is 0 Å². The van der Waals surface area contributed by atoms with Gasteiger partial charge in [-0.1, -0.05) is 0 Å². The zero-order chi connectivity index (χ0) is 20.2. The van der Waals surface area contributed by atoms with E-state index in [-0.39, 0.29) is 17.2 Å². The van der Waals surface area contributed by atoms with Crippen molar-refractivity contribution < 1.29 is 36.2 Å². The lowest BCUT2D eigenvalue weighted by Crippen LogP contribution is -2.27. The van der Waals surface area contributed by atoms with Crippen molar-refractivity contribution in [3.05, 3.63) is 48.0 Å². The number of halogens is 5. The van der Waals surface area contributed by atoms with Gasteiger partial charge < -0.3 is 19.7 Å². The van der Waals surface area contributed by atoms with Gasteiger partial charge in [0.15, 0.2) is 0 Å². The molecule has 0 radical (unpaired) electrons. The number of urea groups is 1. The Morgan fingerprint density at radius 3 is 2.15 bits per heavy atom. The van der Waals surface area contributed by atoms with Crippen LogP contribution in [0.15, 0.2) is 42.5 Å². The fourth-order valence-electron chi connectivity index (χ4n) is 1.97. The first kappa shape index (κ1) is 20.3. The van der Waals surface area contributed by atoms with Crippen LogP contribution in [0.1, 0.15) is 5.56 Å². The molecule has 1 N–H and O–H groups in total. The van der Waals surface area contributed by atoms with Gasteiger partial charge in [0.2, 0.25) is 0 Å². The molecule has 0 saturated heterocycles. The van der Waals surface area contributed by atoms with Crippen LogP contribution < -0.4 is 14.8 Å². The van der Waals surface area contributed by atoms with Crippen molar-refractivity contribution in [1.29, 1.82) is 0 Å². The van der Waals surface area contributed by atoms with E-state index in [2.05, 4.69) is 10.1 Å². The standard InChI is InChI=1S/C17H15F5N2O3/c1-24(2)16(25)23-10-3-8-14(13(9-10)17(20,21)22)26-11-4-6-12(7-5-11)27-15(18)19/h3-9,15H,1-2H3,(H,23,25). The maximum Gasteiger partial charge on any atom is 0.420 e. The quantitative estimate of drug-likeness (QED) is 0.715. The van der Waals surface area contributed by atoms with Crippen molar-refractivity contribution in [3.8, 4) is 17.2 Å². The summed E-state index contributed by atoms with van der Waals surface area (Å²) in [6.45, 7) is -3.02. The summed E-state index contributed by atoms with van der Waals surface area (Å²) in [7, 11) is 2.89.